The second-order valence-electron chi connectivity index (χ2n) is 14.7. The first-order valence-electron chi connectivity index (χ1n) is 19.1. The maximum atomic E-state index is 14.3. The summed E-state index contributed by atoms with van der Waals surface area (Å²) < 4.78 is 19.4. The highest BCUT2D eigenvalue weighted by Crippen LogP contribution is 2.38. The number of fused-ring (bicyclic) bond motifs is 4. The average Bonchev–Trinajstić information content (AvgIpc) is 3.27. The summed E-state index contributed by atoms with van der Waals surface area (Å²) >= 11 is 0. The Bertz CT molecular complexity index is 2860. The summed E-state index contributed by atoms with van der Waals surface area (Å²) in [6.45, 7) is 0.199. The molecule has 0 spiro atoms. The van der Waals surface area contributed by atoms with Gasteiger partial charge in [-0.05, 0) is 104 Å². The predicted octanol–water partition coefficient (Wildman–Crippen LogP) is 7.19. The summed E-state index contributed by atoms with van der Waals surface area (Å²) in [5.41, 5.74) is 16.5. The van der Waals surface area contributed by atoms with E-state index in [1.165, 1.54) is 23.1 Å². The van der Waals surface area contributed by atoms with Crippen LogP contribution < -0.4 is 42.4 Å². The minimum Gasteiger partial charge on any atom is -0.478 e. The highest BCUT2D eigenvalue weighted by Gasteiger charge is 2.43. The molecular formula is C50H32B2FNO4. The number of ether oxygens (including phenoxy) is 1. The Morgan fingerprint density at radius 1 is 0.517 bits per heavy atom. The molecule has 0 saturated heterocycles. The molecule has 5 nitrogen and oxygen atoms in total. The van der Waals surface area contributed by atoms with E-state index in [0.717, 1.165) is 72.3 Å². The van der Waals surface area contributed by atoms with E-state index < -0.39 is 5.97 Å². The Hall–Kier alpha value is -7.44. The molecule has 8 aromatic rings. The first-order chi connectivity index (χ1) is 28.4. The van der Waals surface area contributed by atoms with Gasteiger partial charge in [-0.25, -0.2) is 9.18 Å². The van der Waals surface area contributed by atoms with Crippen LogP contribution in [0.15, 0.2) is 182 Å². The van der Waals surface area contributed by atoms with Gasteiger partial charge in [-0.15, -0.1) is 0 Å². The third-order valence-electron chi connectivity index (χ3n) is 11.5. The lowest BCUT2D eigenvalue weighted by Gasteiger charge is -2.44. The van der Waals surface area contributed by atoms with Crippen molar-refractivity contribution in [1.29, 1.82) is 0 Å². The van der Waals surface area contributed by atoms with Crippen LogP contribution in [0.5, 0.6) is 5.75 Å². The van der Waals surface area contributed by atoms with E-state index in [4.69, 9.17) is 4.74 Å². The van der Waals surface area contributed by atoms with Crippen LogP contribution in [0.1, 0.15) is 10.4 Å². The molecule has 10 rings (SSSR count). The number of halogens is 1. The monoisotopic (exact) mass is 751 g/mol. The molecule has 0 saturated carbocycles. The summed E-state index contributed by atoms with van der Waals surface area (Å²) in [7, 11) is 0. The summed E-state index contributed by atoms with van der Waals surface area (Å²) in [6, 6.07) is 60.3. The minimum atomic E-state index is -0.950. The van der Waals surface area contributed by atoms with Crippen molar-refractivity contribution in [1.82, 2.24) is 0 Å². The molecule has 2 aliphatic rings. The van der Waals surface area contributed by atoms with Crippen molar-refractivity contribution in [3.05, 3.63) is 193 Å². The van der Waals surface area contributed by atoms with Gasteiger partial charge in [-0.1, -0.05) is 144 Å². The van der Waals surface area contributed by atoms with Crippen LogP contribution in [0.4, 0.5) is 21.5 Å². The molecular weight excluding hydrogens is 719 g/mol. The van der Waals surface area contributed by atoms with Gasteiger partial charge >= 0.3 is 5.97 Å². The lowest BCUT2D eigenvalue weighted by Crippen LogP contribution is -2.65. The highest BCUT2D eigenvalue weighted by atomic mass is 19.1. The quantitative estimate of drug-likeness (QED) is 0.132. The van der Waals surface area contributed by atoms with Crippen molar-refractivity contribution in [3.63, 3.8) is 0 Å². The Morgan fingerprint density at radius 3 is 1.40 bits per heavy atom. The third-order valence-corrected chi connectivity index (χ3v) is 11.5. The minimum absolute atomic E-state index is 0.110. The van der Waals surface area contributed by atoms with Crippen LogP contribution in [0.3, 0.4) is 0 Å². The van der Waals surface area contributed by atoms with E-state index in [9.17, 15) is 19.1 Å². The number of anilines is 3. The molecule has 0 unspecified atom stereocenters. The number of hydrogen-bond donors (Lipinski definition) is 1. The van der Waals surface area contributed by atoms with Crippen molar-refractivity contribution in [2.24, 2.45) is 0 Å². The smallest absolute Gasteiger partial charge is 0.335 e. The summed E-state index contributed by atoms with van der Waals surface area (Å²) in [4.78, 5) is 24.8. The van der Waals surface area contributed by atoms with Gasteiger partial charge in [0.05, 0.1) is 5.56 Å². The average molecular weight is 751 g/mol. The Labute approximate surface area is 335 Å². The topological polar surface area (TPSA) is 66.8 Å². The van der Waals surface area contributed by atoms with Crippen LogP contribution in [-0.2, 0) is 4.79 Å². The molecule has 8 aromatic carbocycles. The Kier molecular flexibility index (Phi) is 8.60. The second kappa shape index (κ2) is 14.2. The molecule has 8 heteroatoms. The number of benzene rings is 8. The molecule has 0 radical (unpaired) electrons. The standard InChI is InChI=1S/C50H32B2FNO4/c53-41-25-17-36(18-26-41)38-29-45-49-46(30-38)52(40-23-15-34(16-24-40)35-19-27-42(28-20-35)58-31-55)44-6-2-4-8-48(44)54(49)47-7-3-1-5-43(47)51(45)39-21-13-33(14-22-39)32-9-11-37(12-10-32)50(56)57/h1-31H,(H,56,57). The van der Waals surface area contributed by atoms with Crippen LogP contribution in [-0.4, -0.2) is 31.0 Å². The van der Waals surface area contributed by atoms with Crippen molar-refractivity contribution >= 4 is 75.7 Å². The molecule has 0 fully saturated rings. The Balaban J connectivity index is 1.16. The summed E-state index contributed by atoms with van der Waals surface area (Å²) in [6.07, 6.45) is 0. The molecule has 1 N–H and O–H groups in total. The van der Waals surface area contributed by atoms with Gasteiger partial charge in [0.2, 0.25) is 13.4 Å². The van der Waals surface area contributed by atoms with E-state index in [2.05, 4.69) is 114 Å². The maximum absolute atomic E-state index is 14.3. The van der Waals surface area contributed by atoms with Gasteiger partial charge in [0, 0.05) is 17.1 Å². The van der Waals surface area contributed by atoms with E-state index in [1.807, 2.05) is 36.4 Å². The van der Waals surface area contributed by atoms with Gasteiger partial charge in [-0.2, -0.15) is 0 Å². The number of carbonyl (C=O) groups is 2. The molecule has 0 aliphatic carbocycles. The van der Waals surface area contributed by atoms with Gasteiger partial charge in [0.15, 0.2) is 0 Å². The first kappa shape index (κ1) is 35.0. The number of carbonyl (C=O) groups excluding carboxylic acids is 1. The molecule has 2 aliphatic heterocycles. The van der Waals surface area contributed by atoms with Crippen LogP contribution in [0, 0.1) is 5.82 Å². The number of rotatable bonds is 8. The normalized spacial score (nSPS) is 12.3. The van der Waals surface area contributed by atoms with Crippen LogP contribution in [0.2, 0.25) is 0 Å². The molecule has 0 amide bonds. The van der Waals surface area contributed by atoms with E-state index in [-0.39, 0.29) is 24.8 Å². The lowest BCUT2D eigenvalue weighted by atomic mass is 9.30. The predicted molar refractivity (Wildman–Crippen MR) is 233 cm³/mol. The van der Waals surface area contributed by atoms with Gasteiger partial charge in [0.1, 0.15) is 11.6 Å². The first-order valence-corrected chi connectivity index (χ1v) is 19.1. The number of nitrogens with zero attached hydrogens (tertiary/aromatic N) is 1. The van der Waals surface area contributed by atoms with Crippen LogP contribution in [0.25, 0.3) is 33.4 Å². The third kappa shape index (κ3) is 5.98. The van der Waals surface area contributed by atoms with Crippen molar-refractivity contribution in [2.45, 2.75) is 0 Å². The number of carboxylic acid groups (broad SMARTS) is 1. The van der Waals surface area contributed by atoms with Crippen molar-refractivity contribution in [3.8, 4) is 39.1 Å². The fourth-order valence-electron chi connectivity index (χ4n) is 8.80. The summed E-state index contributed by atoms with van der Waals surface area (Å²) in [5.74, 6) is -0.738. The zero-order valence-corrected chi connectivity index (χ0v) is 31.0. The highest BCUT2D eigenvalue weighted by molar-refractivity contribution is 7.02. The van der Waals surface area contributed by atoms with E-state index in [1.54, 1.807) is 24.3 Å². The van der Waals surface area contributed by atoms with Gasteiger partial charge < -0.3 is 14.7 Å². The molecule has 2 heterocycles. The van der Waals surface area contributed by atoms with Gasteiger partial charge in [-0.3, -0.25) is 4.79 Å². The maximum Gasteiger partial charge on any atom is 0.335 e. The molecule has 274 valence electrons. The molecule has 0 bridgehead atoms. The second-order valence-corrected chi connectivity index (χ2v) is 14.7. The number of aromatic carboxylic acids is 1. The van der Waals surface area contributed by atoms with Crippen molar-refractivity contribution < 1.29 is 23.8 Å². The van der Waals surface area contributed by atoms with E-state index in [0.29, 0.717) is 12.2 Å². The molecule has 0 atom stereocenters. The van der Waals surface area contributed by atoms with E-state index >= 15 is 0 Å². The van der Waals surface area contributed by atoms with Crippen LogP contribution >= 0.6 is 0 Å². The zero-order valence-electron chi connectivity index (χ0n) is 31.0. The molecule has 58 heavy (non-hydrogen) atoms. The summed E-state index contributed by atoms with van der Waals surface area (Å²) in [5, 5.41) is 9.43. The fraction of sp³-hybridized carbons (Fsp3) is 0. The Morgan fingerprint density at radius 2 is 0.931 bits per heavy atom. The number of carboxylic acids is 1. The largest absolute Gasteiger partial charge is 0.478 e. The number of para-hydroxylation sites is 2. The lowest BCUT2D eigenvalue weighted by molar-refractivity contribution is -0.120. The van der Waals surface area contributed by atoms with Gasteiger partial charge in [0.25, 0.3) is 6.47 Å². The molecule has 0 aromatic heterocycles. The zero-order chi connectivity index (χ0) is 39.3. The SMILES string of the molecule is O=COc1ccc(-c2ccc(B3c4ccccc4N4c5ccccc5B(c5ccc(-c6ccc(C(=O)O)cc6)cc5)c5cc(-c6ccc(F)cc6)cc3c54)cc2)cc1. The number of hydrogen-bond acceptors (Lipinski definition) is 4. The van der Waals surface area contributed by atoms with Crippen molar-refractivity contribution in [2.75, 3.05) is 4.90 Å². The fourth-order valence-corrected chi connectivity index (χ4v) is 8.80.